The Morgan fingerprint density at radius 2 is 2.00 bits per heavy atom. The van der Waals surface area contributed by atoms with E-state index in [4.69, 9.17) is 0 Å². The Kier molecular flexibility index (Phi) is 6.02. The van der Waals surface area contributed by atoms with E-state index in [1.54, 1.807) is 26.8 Å². The van der Waals surface area contributed by atoms with Gasteiger partial charge in [0.1, 0.15) is 0 Å². The van der Waals surface area contributed by atoms with Crippen LogP contribution in [0.4, 0.5) is 9.59 Å². The van der Waals surface area contributed by atoms with Crippen LogP contribution < -0.4 is 10.6 Å². The predicted molar refractivity (Wildman–Crippen MR) is 98.0 cm³/mol. The van der Waals surface area contributed by atoms with Gasteiger partial charge in [-0.15, -0.1) is 11.3 Å². The summed E-state index contributed by atoms with van der Waals surface area (Å²) < 4.78 is 0. The van der Waals surface area contributed by atoms with Crippen molar-refractivity contribution in [2.75, 3.05) is 6.54 Å². The highest BCUT2D eigenvalue weighted by atomic mass is 32.2. The summed E-state index contributed by atoms with van der Waals surface area (Å²) in [6, 6.07) is 3.09. The molecule has 1 aromatic heterocycles. The standard InChI is InChI=1S/C16H19N3O4S2/c1-16(2,3)18-14(22)17-12(20)6-7-19-13(21)11(25-15(19)23)9-10-5-4-8-24-10/h4-5,8-9H,6-7H2,1-3H3,(H2,17,18,20,22). The van der Waals surface area contributed by atoms with Gasteiger partial charge in [-0.2, -0.15) is 0 Å². The van der Waals surface area contributed by atoms with Crippen molar-refractivity contribution < 1.29 is 19.2 Å². The molecule has 2 rings (SSSR count). The van der Waals surface area contributed by atoms with Crippen LogP contribution in [-0.4, -0.2) is 40.1 Å². The zero-order valence-corrected chi connectivity index (χ0v) is 15.8. The summed E-state index contributed by atoms with van der Waals surface area (Å²) in [6.07, 6.45) is 1.52. The molecular formula is C16H19N3O4S2. The van der Waals surface area contributed by atoms with Crippen LogP contribution in [0.2, 0.25) is 0 Å². The molecule has 0 aliphatic carbocycles. The molecule has 0 bridgehead atoms. The third kappa shape index (κ3) is 5.71. The van der Waals surface area contributed by atoms with Gasteiger partial charge in [0.15, 0.2) is 0 Å². The quantitative estimate of drug-likeness (QED) is 0.782. The monoisotopic (exact) mass is 381 g/mol. The highest BCUT2D eigenvalue weighted by Crippen LogP contribution is 2.32. The van der Waals surface area contributed by atoms with Crippen molar-refractivity contribution in [3.05, 3.63) is 27.3 Å². The lowest BCUT2D eigenvalue weighted by Crippen LogP contribution is -2.48. The van der Waals surface area contributed by atoms with E-state index in [0.29, 0.717) is 4.91 Å². The SMILES string of the molecule is CC(C)(C)NC(=O)NC(=O)CCN1C(=O)SC(=Cc2cccs2)C1=O. The molecule has 9 heteroatoms. The molecule has 0 radical (unpaired) electrons. The Bertz CT molecular complexity index is 720. The van der Waals surface area contributed by atoms with Gasteiger partial charge in [0, 0.05) is 23.4 Å². The van der Waals surface area contributed by atoms with Crippen LogP contribution in [0.1, 0.15) is 32.1 Å². The summed E-state index contributed by atoms with van der Waals surface area (Å²) in [5, 5.41) is 6.24. The first-order valence-corrected chi connectivity index (χ1v) is 9.26. The summed E-state index contributed by atoms with van der Waals surface area (Å²) in [5.74, 6) is -0.974. The van der Waals surface area contributed by atoms with Gasteiger partial charge in [0.05, 0.1) is 4.91 Å². The molecule has 0 atom stereocenters. The fourth-order valence-electron chi connectivity index (χ4n) is 1.97. The zero-order valence-electron chi connectivity index (χ0n) is 14.1. The maximum Gasteiger partial charge on any atom is 0.321 e. The second-order valence-electron chi connectivity index (χ2n) is 6.35. The first-order valence-electron chi connectivity index (χ1n) is 7.56. The fraction of sp³-hybridized carbons (Fsp3) is 0.375. The number of thiophene rings is 1. The van der Waals surface area contributed by atoms with E-state index in [1.165, 1.54) is 11.3 Å². The van der Waals surface area contributed by atoms with Crippen LogP contribution in [0.3, 0.4) is 0 Å². The highest BCUT2D eigenvalue weighted by molar-refractivity contribution is 8.18. The third-order valence-electron chi connectivity index (χ3n) is 2.99. The number of thioether (sulfide) groups is 1. The number of carbonyl (C=O) groups excluding carboxylic acids is 4. The van der Waals surface area contributed by atoms with Crippen molar-refractivity contribution in [2.45, 2.75) is 32.7 Å². The lowest BCUT2D eigenvalue weighted by molar-refractivity contribution is -0.123. The fourth-order valence-corrected chi connectivity index (χ4v) is 3.56. The maximum absolute atomic E-state index is 12.3. The molecule has 1 aromatic rings. The van der Waals surface area contributed by atoms with Gasteiger partial charge in [0.25, 0.3) is 11.1 Å². The van der Waals surface area contributed by atoms with Gasteiger partial charge in [0.2, 0.25) is 5.91 Å². The zero-order chi connectivity index (χ0) is 18.6. The predicted octanol–water partition coefficient (Wildman–Crippen LogP) is 2.80. The molecule has 0 saturated carbocycles. The Balaban J connectivity index is 1.88. The average Bonchev–Trinajstić information content (AvgIpc) is 3.05. The molecule has 134 valence electrons. The van der Waals surface area contributed by atoms with Crippen LogP contribution >= 0.6 is 23.1 Å². The molecule has 0 spiro atoms. The number of imide groups is 2. The van der Waals surface area contributed by atoms with Crippen LogP contribution in [0, 0.1) is 0 Å². The number of carbonyl (C=O) groups is 4. The van der Waals surface area contributed by atoms with Crippen molar-refractivity contribution in [1.29, 1.82) is 0 Å². The molecule has 0 aromatic carbocycles. The Morgan fingerprint density at radius 3 is 2.60 bits per heavy atom. The van der Waals surface area contributed by atoms with E-state index in [9.17, 15) is 19.2 Å². The molecule has 1 fully saturated rings. The number of hydrogen-bond acceptors (Lipinski definition) is 6. The van der Waals surface area contributed by atoms with Crippen molar-refractivity contribution in [3.8, 4) is 0 Å². The second-order valence-corrected chi connectivity index (χ2v) is 8.32. The van der Waals surface area contributed by atoms with Crippen molar-refractivity contribution in [3.63, 3.8) is 0 Å². The summed E-state index contributed by atoms with van der Waals surface area (Å²) >= 11 is 2.31. The Labute approximate surface area is 153 Å². The molecule has 0 unspecified atom stereocenters. The van der Waals surface area contributed by atoms with E-state index in [1.807, 2.05) is 17.5 Å². The molecule has 2 heterocycles. The second kappa shape index (κ2) is 7.83. The molecular weight excluding hydrogens is 362 g/mol. The smallest absolute Gasteiger partial charge is 0.321 e. The van der Waals surface area contributed by atoms with Crippen LogP contribution in [-0.2, 0) is 9.59 Å². The first kappa shape index (κ1) is 19.2. The molecule has 1 saturated heterocycles. The summed E-state index contributed by atoms with van der Waals surface area (Å²) in [4.78, 5) is 49.9. The van der Waals surface area contributed by atoms with Crippen LogP contribution in [0.5, 0.6) is 0 Å². The van der Waals surface area contributed by atoms with Crippen molar-refractivity contribution in [1.82, 2.24) is 15.5 Å². The van der Waals surface area contributed by atoms with Gasteiger partial charge in [-0.05, 0) is 50.1 Å². The number of hydrogen-bond donors (Lipinski definition) is 2. The number of rotatable bonds is 4. The normalized spacial score (nSPS) is 16.4. The van der Waals surface area contributed by atoms with Crippen LogP contribution in [0.25, 0.3) is 6.08 Å². The van der Waals surface area contributed by atoms with Gasteiger partial charge in [-0.1, -0.05) is 6.07 Å². The van der Waals surface area contributed by atoms with Crippen LogP contribution in [0.15, 0.2) is 22.4 Å². The minimum absolute atomic E-state index is 0.0684. The lowest BCUT2D eigenvalue weighted by Gasteiger charge is -2.20. The molecule has 7 nitrogen and oxygen atoms in total. The number of nitrogens with zero attached hydrogens (tertiary/aromatic N) is 1. The van der Waals surface area contributed by atoms with Crippen molar-refractivity contribution in [2.24, 2.45) is 0 Å². The molecule has 2 N–H and O–H groups in total. The number of nitrogens with one attached hydrogen (secondary N) is 2. The third-order valence-corrected chi connectivity index (χ3v) is 4.72. The van der Waals surface area contributed by atoms with Gasteiger partial charge in [-0.3, -0.25) is 24.6 Å². The summed E-state index contributed by atoms with van der Waals surface area (Å²) in [5.41, 5.74) is -0.469. The highest BCUT2D eigenvalue weighted by Gasteiger charge is 2.35. The average molecular weight is 381 g/mol. The number of amides is 5. The van der Waals surface area contributed by atoms with E-state index in [2.05, 4.69) is 10.6 Å². The molecule has 5 amide bonds. The van der Waals surface area contributed by atoms with E-state index < -0.39 is 28.6 Å². The minimum Gasteiger partial charge on any atom is -0.333 e. The largest absolute Gasteiger partial charge is 0.333 e. The van der Waals surface area contributed by atoms with Crippen molar-refractivity contribution >= 4 is 52.3 Å². The maximum atomic E-state index is 12.3. The van der Waals surface area contributed by atoms with Gasteiger partial charge in [-0.25, -0.2) is 4.79 Å². The molecule has 25 heavy (non-hydrogen) atoms. The molecule has 1 aliphatic rings. The topological polar surface area (TPSA) is 95.6 Å². The van der Waals surface area contributed by atoms with E-state index >= 15 is 0 Å². The summed E-state index contributed by atoms with van der Waals surface area (Å²) in [6.45, 7) is 5.30. The summed E-state index contributed by atoms with van der Waals surface area (Å²) in [7, 11) is 0. The minimum atomic E-state index is -0.607. The Morgan fingerprint density at radius 1 is 1.28 bits per heavy atom. The Hall–Kier alpha value is -2.13. The van der Waals surface area contributed by atoms with Gasteiger partial charge < -0.3 is 5.32 Å². The van der Waals surface area contributed by atoms with E-state index in [-0.39, 0.29) is 13.0 Å². The lowest BCUT2D eigenvalue weighted by atomic mass is 10.1. The first-order chi connectivity index (χ1) is 11.7. The van der Waals surface area contributed by atoms with Gasteiger partial charge >= 0.3 is 6.03 Å². The molecule has 1 aliphatic heterocycles. The van der Waals surface area contributed by atoms with E-state index in [0.717, 1.165) is 21.5 Å². The number of urea groups is 1.